The molecule has 0 atom stereocenters. The molecule has 0 bridgehead atoms. The highest BCUT2D eigenvalue weighted by atomic mass is 32.1. The Kier molecular flexibility index (Phi) is 4.29. The predicted octanol–water partition coefficient (Wildman–Crippen LogP) is 2.05. The summed E-state index contributed by atoms with van der Waals surface area (Å²) in [5.74, 6) is 5.09. The van der Waals surface area contributed by atoms with Crippen LogP contribution in [0.2, 0.25) is 0 Å². The molecule has 1 aromatic heterocycles. The van der Waals surface area contributed by atoms with Crippen molar-refractivity contribution in [2.24, 2.45) is 0 Å². The molecule has 0 unspecified atom stereocenters. The summed E-state index contributed by atoms with van der Waals surface area (Å²) >= 11 is 1.42. The van der Waals surface area contributed by atoms with E-state index in [0.717, 1.165) is 4.88 Å². The second-order valence-corrected chi connectivity index (χ2v) is 5.01. The lowest BCUT2D eigenvalue weighted by molar-refractivity contribution is 0.102. The maximum absolute atomic E-state index is 12.0. The first-order valence-corrected chi connectivity index (χ1v) is 6.44. The number of nitrogens with one attached hydrogen (secondary N) is 1. The van der Waals surface area contributed by atoms with Crippen molar-refractivity contribution in [1.29, 1.82) is 0 Å². The van der Waals surface area contributed by atoms with Gasteiger partial charge in [0, 0.05) is 22.2 Å². The third-order valence-corrected chi connectivity index (χ3v) is 3.11. The van der Waals surface area contributed by atoms with Gasteiger partial charge in [-0.3, -0.25) is 10.1 Å². The fourth-order valence-electron chi connectivity index (χ4n) is 1.46. The van der Waals surface area contributed by atoms with Crippen LogP contribution in [0.3, 0.4) is 0 Å². The first-order chi connectivity index (χ1) is 9.19. The van der Waals surface area contributed by atoms with E-state index in [1.54, 1.807) is 30.5 Å². The molecule has 19 heavy (non-hydrogen) atoms. The lowest BCUT2D eigenvalue weighted by atomic mass is 10.1. The van der Waals surface area contributed by atoms with Crippen LogP contribution >= 0.6 is 11.3 Å². The SMILES string of the molecule is Cc1cnc(NC(=O)c2cccc(C#CCO)c2)s1. The number of aromatic nitrogens is 1. The fraction of sp³-hybridized carbons (Fsp3) is 0.143. The van der Waals surface area contributed by atoms with Crippen LogP contribution in [0.1, 0.15) is 20.8 Å². The summed E-state index contributed by atoms with van der Waals surface area (Å²) in [7, 11) is 0. The first kappa shape index (κ1) is 13.3. The molecule has 4 nitrogen and oxygen atoms in total. The molecule has 2 rings (SSSR count). The van der Waals surface area contributed by atoms with Gasteiger partial charge in [0.25, 0.3) is 5.91 Å². The number of aryl methyl sites for hydroxylation is 1. The molecule has 96 valence electrons. The normalized spacial score (nSPS) is 9.58. The molecule has 1 heterocycles. The zero-order valence-corrected chi connectivity index (χ0v) is 11.1. The smallest absolute Gasteiger partial charge is 0.257 e. The van der Waals surface area contributed by atoms with Crippen LogP contribution in [0.25, 0.3) is 0 Å². The number of hydrogen-bond donors (Lipinski definition) is 2. The molecular formula is C14H12N2O2S. The number of thiazole rings is 1. The maximum Gasteiger partial charge on any atom is 0.257 e. The van der Waals surface area contributed by atoms with Gasteiger partial charge in [-0.05, 0) is 25.1 Å². The van der Waals surface area contributed by atoms with E-state index in [1.807, 2.05) is 6.92 Å². The van der Waals surface area contributed by atoms with Crippen LogP contribution in [0, 0.1) is 18.8 Å². The monoisotopic (exact) mass is 272 g/mol. The van der Waals surface area contributed by atoms with Crippen molar-refractivity contribution in [3.63, 3.8) is 0 Å². The van der Waals surface area contributed by atoms with Crippen molar-refractivity contribution in [2.45, 2.75) is 6.92 Å². The van der Waals surface area contributed by atoms with Gasteiger partial charge in [-0.15, -0.1) is 11.3 Å². The second-order valence-electron chi connectivity index (χ2n) is 3.77. The van der Waals surface area contributed by atoms with Crippen LogP contribution in [0.4, 0.5) is 5.13 Å². The number of aliphatic hydroxyl groups excluding tert-OH is 1. The molecule has 0 fully saturated rings. The van der Waals surface area contributed by atoms with Crippen LogP contribution in [0.15, 0.2) is 30.5 Å². The largest absolute Gasteiger partial charge is 0.384 e. The van der Waals surface area contributed by atoms with Gasteiger partial charge in [0.2, 0.25) is 0 Å². The molecule has 1 amide bonds. The summed E-state index contributed by atoms with van der Waals surface area (Å²) in [4.78, 5) is 17.1. The molecule has 0 saturated carbocycles. The van der Waals surface area contributed by atoms with Gasteiger partial charge >= 0.3 is 0 Å². The molecule has 5 heteroatoms. The Labute approximate surface area is 115 Å². The van der Waals surface area contributed by atoms with Gasteiger partial charge in [-0.2, -0.15) is 0 Å². The fourth-order valence-corrected chi connectivity index (χ4v) is 2.12. The minimum Gasteiger partial charge on any atom is -0.384 e. The topological polar surface area (TPSA) is 62.2 Å². The highest BCUT2D eigenvalue weighted by Crippen LogP contribution is 2.17. The number of aliphatic hydroxyl groups is 1. The molecular weight excluding hydrogens is 260 g/mol. The second kappa shape index (κ2) is 6.14. The third kappa shape index (κ3) is 3.65. The molecule has 0 saturated heterocycles. The number of carbonyl (C=O) groups excluding carboxylic acids is 1. The van der Waals surface area contributed by atoms with Gasteiger partial charge in [0.15, 0.2) is 5.13 Å². The van der Waals surface area contributed by atoms with Gasteiger partial charge < -0.3 is 5.11 Å². The molecule has 0 spiro atoms. The number of nitrogens with zero attached hydrogens (tertiary/aromatic N) is 1. The van der Waals surface area contributed by atoms with E-state index in [-0.39, 0.29) is 12.5 Å². The number of hydrogen-bond acceptors (Lipinski definition) is 4. The maximum atomic E-state index is 12.0. The minimum atomic E-state index is -0.220. The van der Waals surface area contributed by atoms with Crippen molar-refractivity contribution >= 4 is 22.4 Å². The van der Waals surface area contributed by atoms with Gasteiger partial charge in [-0.1, -0.05) is 17.9 Å². The highest BCUT2D eigenvalue weighted by molar-refractivity contribution is 7.15. The molecule has 0 aliphatic heterocycles. The van der Waals surface area contributed by atoms with Gasteiger partial charge in [0.1, 0.15) is 6.61 Å². The Hall–Kier alpha value is -2.16. The van der Waals surface area contributed by atoms with Gasteiger partial charge in [0.05, 0.1) is 0 Å². The van der Waals surface area contributed by atoms with E-state index >= 15 is 0 Å². The molecule has 1 aromatic carbocycles. The van der Waals surface area contributed by atoms with Crippen molar-refractivity contribution in [2.75, 3.05) is 11.9 Å². The molecule has 2 N–H and O–H groups in total. The third-order valence-electron chi connectivity index (χ3n) is 2.28. The predicted molar refractivity (Wildman–Crippen MR) is 75.2 cm³/mol. The summed E-state index contributed by atoms with van der Waals surface area (Å²) in [5.41, 5.74) is 1.20. The standard InChI is InChI=1S/C14H12N2O2S/c1-10-9-15-14(19-10)16-13(18)12-6-2-4-11(8-12)5-3-7-17/h2,4,6,8-9,17H,7H2,1H3,(H,15,16,18). The van der Waals surface area contributed by atoms with E-state index < -0.39 is 0 Å². The van der Waals surface area contributed by atoms with Crippen molar-refractivity contribution in [1.82, 2.24) is 4.98 Å². The quantitative estimate of drug-likeness (QED) is 0.822. The molecule has 0 aliphatic rings. The summed E-state index contributed by atoms with van der Waals surface area (Å²) in [6.45, 7) is 1.73. The Bertz CT molecular complexity index is 653. The Morgan fingerprint density at radius 2 is 2.37 bits per heavy atom. The van der Waals surface area contributed by atoms with E-state index in [4.69, 9.17) is 5.11 Å². The molecule has 2 aromatic rings. The Morgan fingerprint density at radius 1 is 1.53 bits per heavy atom. The number of amides is 1. The van der Waals surface area contributed by atoms with Crippen molar-refractivity contribution < 1.29 is 9.90 Å². The van der Waals surface area contributed by atoms with Crippen molar-refractivity contribution in [3.8, 4) is 11.8 Å². The summed E-state index contributed by atoms with van der Waals surface area (Å²) in [6.07, 6.45) is 1.71. The van der Waals surface area contributed by atoms with Gasteiger partial charge in [-0.25, -0.2) is 4.98 Å². The van der Waals surface area contributed by atoms with Crippen LogP contribution < -0.4 is 5.32 Å². The highest BCUT2D eigenvalue weighted by Gasteiger charge is 2.08. The summed E-state index contributed by atoms with van der Waals surface area (Å²) in [6, 6.07) is 6.93. The molecule has 0 aliphatic carbocycles. The van der Waals surface area contributed by atoms with E-state index in [1.165, 1.54) is 11.3 Å². The van der Waals surface area contributed by atoms with E-state index in [0.29, 0.717) is 16.3 Å². The average molecular weight is 272 g/mol. The minimum absolute atomic E-state index is 0.200. The lowest BCUT2D eigenvalue weighted by Crippen LogP contribution is -2.11. The zero-order valence-electron chi connectivity index (χ0n) is 10.3. The van der Waals surface area contributed by atoms with Crippen LogP contribution in [-0.4, -0.2) is 22.6 Å². The number of rotatable bonds is 2. The van der Waals surface area contributed by atoms with Crippen LogP contribution in [0.5, 0.6) is 0 Å². The van der Waals surface area contributed by atoms with E-state index in [9.17, 15) is 4.79 Å². The first-order valence-electron chi connectivity index (χ1n) is 5.62. The Balaban J connectivity index is 2.15. The number of benzene rings is 1. The van der Waals surface area contributed by atoms with E-state index in [2.05, 4.69) is 22.1 Å². The van der Waals surface area contributed by atoms with Crippen molar-refractivity contribution in [3.05, 3.63) is 46.5 Å². The number of anilines is 1. The summed E-state index contributed by atoms with van der Waals surface area (Å²) in [5, 5.41) is 12.0. The van der Waals surface area contributed by atoms with Crippen LogP contribution in [-0.2, 0) is 0 Å². The number of carbonyl (C=O) groups is 1. The molecule has 0 radical (unpaired) electrons. The average Bonchev–Trinajstić information content (AvgIpc) is 2.82. The Morgan fingerprint density at radius 3 is 3.05 bits per heavy atom. The lowest BCUT2D eigenvalue weighted by Gasteiger charge is -2.01. The summed E-state index contributed by atoms with van der Waals surface area (Å²) < 4.78 is 0. The zero-order chi connectivity index (χ0) is 13.7.